The Kier molecular flexibility index (Phi) is 3.36. The van der Waals surface area contributed by atoms with E-state index in [0.29, 0.717) is 6.54 Å². The fraction of sp³-hybridized carbons (Fsp3) is 0.444. The van der Waals surface area contributed by atoms with Crippen molar-refractivity contribution in [1.82, 2.24) is 5.32 Å². The molecule has 64 valence electrons. The molecule has 0 aliphatic rings. The topological polar surface area (TPSA) is 49.0 Å². The van der Waals surface area contributed by atoms with Crippen molar-refractivity contribution in [1.29, 1.82) is 5.26 Å². The third-order valence-corrected chi connectivity index (χ3v) is 1.67. The molecule has 1 N–H and O–H groups in total. The van der Waals surface area contributed by atoms with Crippen LogP contribution in [0.2, 0.25) is 0 Å². The summed E-state index contributed by atoms with van der Waals surface area (Å²) in [6.07, 6.45) is 2.45. The van der Waals surface area contributed by atoms with Gasteiger partial charge in [0.15, 0.2) is 0 Å². The lowest BCUT2D eigenvalue weighted by Gasteiger charge is -2.05. The molecule has 1 rings (SSSR count). The maximum Gasteiger partial charge on any atom is 0.117 e. The van der Waals surface area contributed by atoms with E-state index in [0.717, 1.165) is 12.2 Å². The second-order valence-corrected chi connectivity index (χ2v) is 2.55. The molecule has 0 saturated carbocycles. The van der Waals surface area contributed by atoms with Crippen LogP contribution in [0.3, 0.4) is 0 Å². The van der Waals surface area contributed by atoms with E-state index in [1.54, 1.807) is 6.26 Å². The van der Waals surface area contributed by atoms with Gasteiger partial charge in [-0.15, -0.1) is 0 Å². The minimum Gasteiger partial charge on any atom is -0.468 e. The number of furan rings is 1. The largest absolute Gasteiger partial charge is 0.468 e. The van der Waals surface area contributed by atoms with Gasteiger partial charge >= 0.3 is 0 Å². The average molecular weight is 164 g/mol. The summed E-state index contributed by atoms with van der Waals surface area (Å²) >= 11 is 0. The fourth-order valence-corrected chi connectivity index (χ4v) is 0.918. The summed E-state index contributed by atoms with van der Waals surface area (Å²) in [4.78, 5) is 0. The number of hydrogen-bond acceptors (Lipinski definition) is 3. The molecule has 0 fully saturated rings. The lowest BCUT2D eigenvalue weighted by Crippen LogP contribution is -2.25. The van der Waals surface area contributed by atoms with Crippen LogP contribution < -0.4 is 5.32 Å². The molecular formula is C9H12N2O. The maximum absolute atomic E-state index is 8.61. The Morgan fingerprint density at radius 1 is 1.75 bits per heavy atom. The van der Waals surface area contributed by atoms with Gasteiger partial charge in [0.2, 0.25) is 0 Å². The van der Waals surface area contributed by atoms with Gasteiger partial charge in [-0.25, -0.2) is 0 Å². The number of hydrogen-bond donors (Lipinski definition) is 1. The zero-order chi connectivity index (χ0) is 8.81. The molecule has 1 unspecified atom stereocenters. The Morgan fingerprint density at radius 3 is 3.08 bits per heavy atom. The molecule has 0 radical (unpaired) electrons. The van der Waals surface area contributed by atoms with E-state index in [1.807, 2.05) is 19.1 Å². The van der Waals surface area contributed by atoms with E-state index in [-0.39, 0.29) is 6.04 Å². The summed E-state index contributed by atoms with van der Waals surface area (Å²) in [5.41, 5.74) is 0. The van der Waals surface area contributed by atoms with Crippen molar-refractivity contribution >= 4 is 0 Å². The lowest BCUT2D eigenvalue weighted by molar-refractivity contribution is 0.466. The van der Waals surface area contributed by atoms with Crippen LogP contribution in [0.5, 0.6) is 0 Å². The molecule has 12 heavy (non-hydrogen) atoms. The molecule has 1 atom stereocenters. The summed E-state index contributed by atoms with van der Waals surface area (Å²) in [5, 5.41) is 11.7. The molecule has 0 spiro atoms. The molecule has 3 nitrogen and oxygen atoms in total. The Hall–Kier alpha value is -1.27. The highest BCUT2D eigenvalue weighted by molar-refractivity contribution is 4.99. The van der Waals surface area contributed by atoms with Crippen LogP contribution in [0, 0.1) is 11.3 Å². The summed E-state index contributed by atoms with van der Waals surface area (Å²) in [6, 6.07) is 5.81. The molecule has 0 saturated heterocycles. The highest BCUT2D eigenvalue weighted by atomic mass is 16.3. The van der Waals surface area contributed by atoms with Crippen LogP contribution in [-0.4, -0.2) is 6.04 Å². The van der Waals surface area contributed by atoms with Crippen LogP contribution >= 0.6 is 0 Å². The first kappa shape index (κ1) is 8.82. The first-order chi connectivity index (χ1) is 5.86. The van der Waals surface area contributed by atoms with Gasteiger partial charge < -0.3 is 4.42 Å². The van der Waals surface area contributed by atoms with Crippen LogP contribution in [0.4, 0.5) is 0 Å². The summed E-state index contributed by atoms with van der Waals surface area (Å²) in [6.45, 7) is 2.60. The van der Waals surface area contributed by atoms with E-state index >= 15 is 0 Å². The number of rotatable bonds is 4. The SMILES string of the molecule is CCC(C#N)NCc1ccco1. The average Bonchev–Trinajstić information content (AvgIpc) is 2.59. The number of nitrogens with one attached hydrogen (secondary N) is 1. The molecule has 0 aliphatic heterocycles. The predicted molar refractivity (Wildman–Crippen MR) is 45.2 cm³/mol. The number of nitriles is 1. The third-order valence-electron chi connectivity index (χ3n) is 1.67. The van der Waals surface area contributed by atoms with Crippen molar-refractivity contribution in [3.8, 4) is 6.07 Å². The summed E-state index contributed by atoms with van der Waals surface area (Å²) in [5.74, 6) is 0.865. The van der Waals surface area contributed by atoms with Crippen molar-refractivity contribution in [2.45, 2.75) is 25.9 Å². The second kappa shape index (κ2) is 4.58. The van der Waals surface area contributed by atoms with Gasteiger partial charge in [0.1, 0.15) is 5.76 Å². The first-order valence-electron chi connectivity index (χ1n) is 4.02. The van der Waals surface area contributed by atoms with Gasteiger partial charge in [-0.05, 0) is 18.6 Å². The summed E-state index contributed by atoms with van der Waals surface area (Å²) in [7, 11) is 0. The molecule has 3 heteroatoms. The van der Waals surface area contributed by atoms with Crippen molar-refractivity contribution in [3.63, 3.8) is 0 Å². The summed E-state index contributed by atoms with van der Waals surface area (Å²) < 4.78 is 5.10. The zero-order valence-corrected chi connectivity index (χ0v) is 7.08. The van der Waals surface area contributed by atoms with Crippen LogP contribution in [0.15, 0.2) is 22.8 Å². The fourth-order valence-electron chi connectivity index (χ4n) is 0.918. The Bertz CT molecular complexity index is 248. The van der Waals surface area contributed by atoms with Crippen LogP contribution in [0.25, 0.3) is 0 Å². The van der Waals surface area contributed by atoms with E-state index in [4.69, 9.17) is 9.68 Å². The van der Waals surface area contributed by atoms with Gasteiger partial charge in [-0.2, -0.15) is 5.26 Å². The lowest BCUT2D eigenvalue weighted by atomic mass is 10.2. The highest BCUT2D eigenvalue weighted by Gasteiger charge is 2.03. The van der Waals surface area contributed by atoms with Gasteiger partial charge in [-0.3, -0.25) is 5.32 Å². The number of nitrogens with zero attached hydrogens (tertiary/aromatic N) is 1. The molecule has 0 aromatic carbocycles. The van der Waals surface area contributed by atoms with Crippen LogP contribution in [-0.2, 0) is 6.54 Å². The zero-order valence-electron chi connectivity index (χ0n) is 7.08. The molecule has 0 bridgehead atoms. The van der Waals surface area contributed by atoms with E-state index < -0.39 is 0 Å². The molecule has 0 aliphatic carbocycles. The Labute approximate surface area is 72.0 Å². The predicted octanol–water partition coefficient (Wildman–Crippen LogP) is 1.67. The minimum absolute atomic E-state index is 0.0740. The Balaban J connectivity index is 2.31. The van der Waals surface area contributed by atoms with E-state index in [1.165, 1.54) is 0 Å². The van der Waals surface area contributed by atoms with Crippen molar-refractivity contribution in [2.24, 2.45) is 0 Å². The van der Waals surface area contributed by atoms with Crippen molar-refractivity contribution < 1.29 is 4.42 Å². The monoisotopic (exact) mass is 164 g/mol. The van der Waals surface area contributed by atoms with Gasteiger partial charge in [0.25, 0.3) is 0 Å². The standard InChI is InChI=1S/C9H12N2O/c1-2-8(6-10)11-7-9-4-3-5-12-9/h3-5,8,11H,2,7H2,1H3. The highest BCUT2D eigenvalue weighted by Crippen LogP contribution is 1.99. The van der Waals surface area contributed by atoms with E-state index in [2.05, 4.69) is 11.4 Å². The van der Waals surface area contributed by atoms with E-state index in [9.17, 15) is 0 Å². The second-order valence-electron chi connectivity index (χ2n) is 2.55. The molecule has 0 amide bonds. The molecule has 1 aromatic heterocycles. The van der Waals surface area contributed by atoms with Gasteiger partial charge in [0, 0.05) is 0 Å². The van der Waals surface area contributed by atoms with Crippen molar-refractivity contribution in [3.05, 3.63) is 24.2 Å². The Morgan fingerprint density at radius 2 is 2.58 bits per heavy atom. The van der Waals surface area contributed by atoms with Gasteiger partial charge in [0.05, 0.1) is 24.9 Å². The van der Waals surface area contributed by atoms with Gasteiger partial charge in [-0.1, -0.05) is 6.92 Å². The first-order valence-corrected chi connectivity index (χ1v) is 4.02. The normalized spacial score (nSPS) is 12.3. The molecule has 1 heterocycles. The smallest absolute Gasteiger partial charge is 0.117 e. The maximum atomic E-state index is 8.61. The quantitative estimate of drug-likeness (QED) is 0.736. The minimum atomic E-state index is -0.0740. The molecule has 1 aromatic rings. The van der Waals surface area contributed by atoms with Crippen molar-refractivity contribution in [2.75, 3.05) is 0 Å². The third kappa shape index (κ3) is 2.40. The van der Waals surface area contributed by atoms with Crippen LogP contribution in [0.1, 0.15) is 19.1 Å². The molecular weight excluding hydrogens is 152 g/mol.